The first-order valence-electron chi connectivity index (χ1n) is 7.42. The van der Waals surface area contributed by atoms with Crippen LogP contribution in [0.5, 0.6) is 0 Å². The van der Waals surface area contributed by atoms with E-state index in [0.29, 0.717) is 5.82 Å². The van der Waals surface area contributed by atoms with Crippen LogP contribution in [0.25, 0.3) is 0 Å². The Balaban J connectivity index is 2.23. The molecule has 20 heavy (non-hydrogen) atoms. The van der Waals surface area contributed by atoms with Crippen molar-refractivity contribution in [2.45, 2.75) is 70.6 Å². The average Bonchev–Trinajstić information content (AvgIpc) is 2.56. The summed E-state index contributed by atoms with van der Waals surface area (Å²) in [5.41, 5.74) is -0.408. The van der Waals surface area contributed by atoms with Gasteiger partial charge in [-0.2, -0.15) is 0 Å². The maximum atomic E-state index is 12.4. The van der Waals surface area contributed by atoms with Gasteiger partial charge in [0.2, 0.25) is 0 Å². The molecule has 1 fully saturated rings. The number of anilines is 1. The SMILES string of the molecule is CC(C)(C)n1ccnc(NC2CCCCCC2O)c1=O. The summed E-state index contributed by atoms with van der Waals surface area (Å²) >= 11 is 0. The quantitative estimate of drug-likeness (QED) is 0.814. The molecule has 1 heterocycles. The van der Waals surface area contributed by atoms with Crippen molar-refractivity contribution in [2.75, 3.05) is 5.32 Å². The number of nitrogens with zero attached hydrogens (tertiary/aromatic N) is 2. The summed E-state index contributed by atoms with van der Waals surface area (Å²) in [7, 11) is 0. The molecule has 0 spiro atoms. The Morgan fingerprint density at radius 1 is 1.30 bits per heavy atom. The molecule has 2 atom stereocenters. The van der Waals surface area contributed by atoms with E-state index in [1.165, 1.54) is 0 Å². The molecule has 1 aromatic heterocycles. The Kier molecular flexibility index (Phi) is 4.48. The minimum Gasteiger partial charge on any atom is -0.391 e. The molecule has 5 heteroatoms. The summed E-state index contributed by atoms with van der Waals surface area (Å²) in [5, 5.41) is 13.3. The number of aromatic nitrogens is 2. The third kappa shape index (κ3) is 3.39. The van der Waals surface area contributed by atoms with E-state index in [1.807, 2.05) is 20.8 Å². The lowest BCUT2D eigenvalue weighted by molar-refractivity contribution is 0.144. The van der Waals surface area contributed by atoms with E-state index in [-0.39, 0.29) is 17.1 Å². The van der Waals surface area contributed by atoms with E-state index < -0.39 is 6.10 Å². The van der Waals surface area contributed by atoms with Gasteiger partial charge in [0.15, 0.2) is 5.82 Å². The molecular weight excluding hydrogens is 254 g/mol. The van der Waals surface area contributed by atoms with E-state index in [9.17, 15) is 9.90 Å². The van der Waals surface area contributed by atoms with Gasteiger partial charge in [0.25, 0.3) is 5.56 Å². The van der Waals surface area contributed by atoms with Gasteiger partial charge in [-0.1, -0.05) is 19.3 Å². The molecule has 1 aromatic rings. The van der Waals surface area contributed by atoms with Crippen molar-refractivity contribution >= 4 is 5.82 Å². The number of aliphatic hydroxyl groups is 1. The van der Waals surface area contributed by atoms with Crippen molar-refractivity contribution in [1.29, 1.82) is 0 Å². The number of hydrogen-bond acceptors (Lipinski definition) is 4. The van der Waals surface area contributed by atoms with Crippen molar-refractivity contribution in [2.24, 2.45) is 0 Å². The fourth-order valence-electron chi connectivity index (χ4n) is 2.67. The van der Waals surface area contributed by atoms with E-state index in [0.717, 1.165) is 32.1 Å². The second-order valence-corrected chi connectivity index (χ2v) is 6.58. The number of aliphatic hydroxyl groups excluding tert-OH is 1. The Morgan fingerprint density at radius 2 is 2.00 bits per heavy atom. The molecule has 2 unspecified atom stereocenters. The van der Waals surface area contributed by atoms with Crippen LogP contribution < -0.4 is 10.9 Å². The maximum absolute atomic E-state index is 12.4. The highest BCUT2D eigenvalue weighted by Gasteiger charge is 2.24. The fraction of sp³-hybridized carbons (Fsp3) is 0.733. The first-order chi connectivity index (χ1) is 9.39. The van der Waals surface area contributed by atoms with Gasteiger partial charge < -0.3 is 15.0 Å². The van der Waals surface area contributed by atoms with Crippen molar-refractivity contribution in [3.63, 3.8) is 0 Å². The molecule has 2 rings (SSSR count). The van der Waals surface area contributed by atoms with Crippen LogP contribution in [0, 0.1) is 0 Å². The molecule has 1 aliphatic carbocycles. The number of nitrogens with one attached hydrogen (secondary N) is 1. The van der Waals surface area contributed by atoms with Crippen molar-refractivity contribution in [3.8, 4) is 0 Å². The first-order valence-corrected chi connectivity index (χ1v) is 7.42. The van der Waals surface area contributed by atoms with E-state index in [1.54, 1.807) is 17.0 Å². The van der Waals surface area contributed by atoms with Gasteiger partial charge in [-0.05, 0) is 33.6 Å². The number of rotatable bonds is 2. The van der Waals surface area contributed by atoms with Crippen LogP contribution in [0.2, 0.25) is 0 Å². The van der Waals surface area contributed by atoms with Gasteiger partial charge in [0.1, 0.15) is 0 Å². The van der Waals surface area contributed by atoms with Crippen LogP contribution in [-0.4, -0.2) is 26.8 Å². The third-order valence-electron chi connectivity index (χ3n) is 3.87. The minimum atomic E-state index is -0.401. The van der Waals surface area contributed by atoms with Crippen LogP contribution in [-0.2, 0) is 5.54 Å². The summed E-state index contributed by atoms with van der Waals surface area (Å²) in [5.74, 6) is 0.341. The summed E-state index contributed by atoms with van der Waals surface area (Å²) in [6.45, 7) is 5.95. The molecule has 5 nitrogen and oxygen atoms in total. The largest absolute Gasteiger partial charge is 0.391 e. The van der Waals surface area contributed by atoms with Gasteiger partial charge in [-0.3, -0.25) is 4.79 Å². The lowest BCUT2D eigenvalue weighted by Gasteiger charge is -2.25. The molecule has 0 saturated heterocycles. The van der Waals surface area contributed by atoms with Gasteiger partial charge in [-0.15, -0.1) is 0 Å². The van der Waals surface area contributed by atoms with Gasteiger partial charge in [0, 0.05) is 17.9 Å². The van der Waals surface area contributed by atoms with E-state index in [2.05, 4.69) is 10.3 Å². The highest BCUT2D eigenvalue weighted by atomic mass is 16.3. The highest BCUT2D eigenvalue weighted by Crippen LogP contribution is 2.20. The predicted octanol–water partition coefficient (Wildman–Crippen LogP) is 2.10. The standard InChI is InChI=1S/C15H25N3O2/c1-15(2,3)18-10-9-16-13(14(18)20)17-11-7-5-4-6-8-12(11)19/h9-12,19H,4-8H2,1-3H3,(H,16,17). The zero-order chi connectivity index (χ0) is 14.8. The molecule has 1 saturated carbocycles. The molecule has 0 aromatic carbocycles. The van der Waals surface area contributed by atoms with Crippen LogP contribution in [0.4, 0.5) is 5.82 Å². The molecule has 0 bridgehead atoms. The zero-order valence-corrected chi connectivity index (χ0v) is 12.6. The second-order valence-electron chi connectivity index (χ2n) is 6.58. The van der Waals surface area contributed by atoms with Crippen LogP contribution in [0.15, 0.2) is 17.2 Å². The molecule has 0 aliphatic heterocycles. The van der Waals surface area contributed by atoms with E-state index in [4.69, 9.17) is 0 Å². The lowest BCUT2D eigenvalue weighted by Crippen LogP contribution is -2.39. The maximum Gasteiger partial charge on any atom is 0.293 e. The summed E-state index contributed by atoms with van der Waals surface area (Å²) in [4.78, 5) is 16.6. The summed E-state index contributed by atoms with van der Waals surface area (Å²) in [6.07, 6.45) is 7.88. The predicted molar refractivity (Wildman–Crippen MR) is 80.0 cm³/mol. The molecule has 0 amide bonds. The first kappa shape index (κ1) is 15.0. The summed E-state index contributed by atoms with van der Waals surface area (Å²) < 4.78 is 1.67. The minimum absolute atomic E-state index is 0.0754. The van der Waals surface area contributed by atoms with Gasteiger partial charge in [0.05, 0.1) is 12.1 Å². The van der Waals surface area contributed by atoms with Crippen molar-refractivity contribution in [3.05, 3.63) is 22.7 Å². The molecule has 112 valence electrons. The Labute approximate surface area is 120 Å². The summed E-state index contributed by atoms with van der Waals surface area (Å²) in [6, 6.07) is -0.0754. The Bertz CT molecular complexity index is 505. The highest BCUT2D eigenvalue weighted by molar-refractivity contribution is 5.33. The smallest absolute Gasteiger partial charge is 0.293 e. The average molecular weight is 279 g/mol. The van der Waals surface area contributed by atoms with Crippen molar-refractivity contribution in [1.82, 2.24) is 9.55 Å². The molecule has 1 aliphatic rings. The third-order valence-corrected chi connectivity index (χ3v) is 3.87. The Morgan fingerprint density at radius 3 is 2.70 bits per heavy atom. The van der Waals surface area contributed by atoms with Crippen LogP contribution in [0.1, 0.15) is 52.9 Å². The number of hydrogen-bond donors (Lipinski definition) is 2. The van der Waals surface area contributed by atoms with Gasteiger partial charge >= 0.3 is 0 Å². The van der Waals surface area contributed by atoms with Crippen molar-refractivity contribution < 1.29 is 5.11 Å². The second kappa shape index (κ2) is 5.95. The van der Waals surface area contributed by atoms with Gasteiger partial charge in [-0.25, -0.2) is 4.98 Å². The van der Waals surface area contributed by atoms with Crippen LogP contribution in [0.3, 0.4) is 0 Å². The zero-order valence-electron chi connectivity index (χ0n) is 12.6. The Hall–Kier alpha value is -1.36. The van der Waals surface area contributed by atoms with Crippen LogP contribution >= 0.6 is 0 Å². The molecule has 2 N–H and O–H groups in total. The van der Waals surface area contributed by atoms with E-state index >= 15 is 0 Å². The molecular formula is C15H25N3O2. The lowest BCUT2D eigenvalue weighted by atomic mass is 10.1. The fourth-order valence-corrected chi connectivity index (χ4v) is 2.67. The topological polar surface area (TPSA) is 67.2 Å². The monoisotopic (exact) mass is 279 g/mol. The molecule has 0 radical (unpaired) electrons. The normalized spacial score (nSPS) is 24.2.